The van der Waals surface area contributed by atoms with E-state index in [1.807, 2.05) is 6.92 Å². The van der Waals surface area contributed by atoms with Gasteiger partial charge in [-0.05, 0) is 93.6 Å². The van der Waals surface area contributed by atoms with Gasteiger partial charge in [0.2, 0.25) is 0 Å². The van der Waals surface area contributed by atoms with Crippen LogP contribution in [0.3, 0.4) is 0 Å². The number of alkyl halides is 2. The van der Waals surface area contributed by atoms with E-state index in [0.29, 0.717) is 30.6 Å². The van der Waals surface area contributed by atoms with E-state index in [0.717, 1.165) is 63.9 Å². The summed E-state index contributed by atoms with van der Waals surface area (Å²) in [6.07, 6.45) is 7.41. The normalized spacial score (nSPS) is 24.3. The topological polar surface area (TPSA) is 18.5 Å². The minimum absolute atomic E-state index is 0.0148. The Bertz CT molecular complexity index is 1130. The standard InChI is InChI=1S/C30H33F7O2/c1-2-38-17-20-7-5-18(6-8-20)3-4-19-9-11-21(12-10-19)23-13-14-24(28(34)27(23)33)30(36,37)39-22-15-25(31)29(35)26(32)16-22/h3-4,13-16,18-21H,2,5-12,17H2,1H3/b4-3+. The van der Waals surface area contributed by atoms with Crippen LogP contribution < -0.4 is 4.74 Å². The number of halogens is 7. The lowest BCUT2D eigenvalue weighted by atomic mass is 9.77. The fourth-order valence-electron chi connectivity index (χ4n) is 5.67. The molecule has 0 N–H and O–H groups in total. The number of benzene rings is 2. The van der Waals surface area contributed by atoms with Gasteiger partial charge >= 0.3 is 6.11 Å². The second-order valence-electron chi connectivity index (χ2n) is 10.6. The Morgan fingerprint density at radius 3 is 1.90 bits per heavy atom. The van der Waals surface area contributed by atoms with E-state index in [2.05, 4.69) is 16.9 Å². The molecule has 0 atom stereocenters. The third-order valence-electron chi connectivity index (χ3n) is 7.95. The van der Waals surface area contributed by atoms with E-state index < -0.39 is 46.5 Å². The molecule has 2 nitrogen and oxygen atoms in total. The summed E-state index contributed by atoms with van der Waals surface area (Å²) in [4.78, 5) is 0. The van der Waals surface area contributed by atoms with E-state index >= 15 is 0 Å². The Labute approximate surface area is 224 Å². The molecule has 2 aliphatic rings. The molecule has 0 spiro atoms. The first kappa shape index (κ1) is 29.4. The van der Waals surface area contributed by atoms with Crippen molar-refractivity contribution < 1.29 is 40.2 Å². The predicted octanol–water partition coefficient (Wildman–Crippen LogP) is 9.18. The molecule has 2 aliphatic carbocycles. The van der Waals surface area contributed by atoms with Gasteiger partial charge in [0.05, 0.1) is 0 Å². The molecule has 39 heavy (non-hydrogen) atoms. The highest BCUT2D eigenvalue weighted by Crippen LogP contribution is 2.41. The van der Waals surface area contributed by atoms with Gasteiger partial charge in [0.15, 0.2) is 29.1 Å². The largest absolute Gasteiger partial charge is 0.429 e. The van der Waals surface area contributed by atoms with Crippen LogP contribution in [0.25, 0.3) is 0 Å². The SMILES string of the molecule is CCOCC1CCC(/C=C/C2CCC(c3ccc(C(F)(F)Oc4cc(F)c(F)c(F)c4)c(F)c3F)CC2)CC1. The van der Waals surface area contributed by atoms with Crippen molar-refractivity contribution in [1.82, 2.24) is 0 Å². The van der Waals surface area contributed by atoms with Gasteiger partial charge in [-0.1, -0.05) is 18.2 Å². The lowest BCUT2D eigenvalue weighted by Gasteiger charge is -2.29. The number of hydrogen-bond donors (Lipinski definition) is 0. The molecule has 0 heterocycles. The Morgan fingerprint density at radius 2 is 1.33 bits per heavy atom. The molecule has 0 bridgehead atoms. The molecule has 0 aliphatic heterocycles. The highest BCUT2D eigenvalue weighted by atomic mass is 19.3. The maximum absolute atomic E-state index is 14.9. The van der Waals surface area contributed by atoms with Gasteiger partial charge in [0.25, 0.3) is 0 Å². The van der Waals surface area contributed by atoms with Crippen LogP contribution in [0.4, 0.5) is 30.7 Å². The van der Waals surface area contributed by atoms with Crippen molar-refractivity contribution >= 4 is 0 Å². The molecule has 214 valence electrons. The van der Waals surface area contributed by atoms with Crippen LogP contribution in [0, 0.1) is 46.8 Å². The van der Waals surface area contributed by atoms with Gasteiger partial charge in [-0.2, -0.15) is 8.78 Å². The fraction of sp³-hybridized carbons (Fsp3) is 0.533. The van der Waals surface area contributed by atoms with Crippen LogP contribution in [0.5, 0.6) is 5.75 Å². The van der Waals surface area contributed by atoms with Crippen LogP contribution >= 0.6 is 0 Å². The summed E-state index contributed by atoms with van der Waals surface area (Å²) in [6, 6.07) is 2.24. The quantitative estimate of drug-likeness (QED) is 0.174. The molecule has 9 heteroatoms. The van der Waals surface area contributed by atoms with Crippen LogP contribution in [-0.4, -0.2) is 13.2 Å². The molecular formula is C30H33F7O2. The molecule has 2 fully saturated rings. The first-order valence-electron chi connectivity index (χ1n) is 13.5. The second kappa shape index (κ2) is 12.7. The smallest absolute Gasteiger partial charge is 0.429 e. The minimum Gasteiger partial charge on any atom is -0.429 e. The monoisotopic (exact) mass is 558 g/mol. The van der Waals surface area contributed by atoms with Crippen LogP contribution in [0.15, 0.2) is 36.4 Å². The fourth-order valence-corrected chi connectivity index (χ4v) is 5.67. The maximum atomic E-state index is 14.9. The van der Waals surface area contributed by atoms with Crippen molar-refractivity contribution in [3.05, 3.63) is 76.6 Å². The summed E-state index contributed by atoms with van der Waals surface area (Å²) in [6.45, 7) is 3.57. The molecule has 0 unspecified atom stereocenters. The van der Waals surface area contributed by atoms with Crippen molar-refractivity contribution in [3.8, 4) is 5.75 Å². The Balaban J connectivity index is 1.34. The first-order valence-corrected chi connectivity index (χ1v) is 13.5. The maximum Gasteiger partial charge on any atom is 0.429 e. The van der Waals surface area contributed by atoms with E-state index in [1.165, 1.54) is 0 Å². The van der Waals surface area contributed by atoms with Gasteiger partial charge in [0, 0.05) is 25.3 Å². The van der Waals surface area contributed by atoms with Crippen LogP contribution in [-0.2, 0) is 10.8 Å². The molecule has 0 radical (unpaired) electrons. The molecule has 2 aromatic rings. The summed E-state index contributed by atoms with van der Waals surface area (Å²) >= 11 is 0. The third kappa shape index (κ3) is 7.16. The average Bonchev–Trinajstić information content (AvgIpc) is 2.91. The van der Waals surface area contributed by atoms with Gasteiger partial charge in [-0.25, -0.2) is 22.0 Å². The highest BCUT2D eigenvalue weighted by Gasteiger charge is 2.40. The van der Waals surface area contributed by atoms with E-state index in [-0.39, 0.29) is 23.6 Å². The molecule has 0 amide bonds. The molecule has 0 saturated heterocycles. The van der Waals surface area contributed by atoms with Crippen LogP contribution in [0.2, 0.25) is 0 Å². The third-order valence-corrected chi connectivity index (χ3v) is 7.95. The molecule has 4 rings (SSSR count). The molecule has 0 aromatic heterocycles. The molecule has 2 saturated carbocycles. The minimum atomic E-state index is -4.45. The summed E-state index contributed by atoms with van der Waals surface area (Å²) in [7, 11) is 0. The summed E-state index contributed by atoms with van der Waals surface area (Å²) in [5.41, 5.74) is -1.40. The second-order valence-corrected chi connectivity index (χ2v) is 10.6. The Kier molecular flexibility index (Phi) is 9.62. The number of rotatable bonds is 9. The van der Waals surface area contributed by atoms with E-state index in [9.17, 15) is 30.7 Å². The first-order chi connectivity index (χ1) is 18.6. The lowest BCUT2D eigenvalue weighted by molar-refractivity contribution is -0.188. The van der Waals surface area contributed by atoms with Crippen molar-refractivity contribution in [3.63, 3.8) is 0 Å². The number of allylic oxidation sites excluding steroid dienone is 2. The summed E-state index contributed by atoms with van der Waals surface area (Å²) in [5, 5.41) is 0. The van der Waals surface area contributed by atoms with Gasteiger partial charge in [-0.15, -0.1) is 0 Å². The van der Waals surface area contributed by atoms with Gasteiger partial charge in [0.1, 0.15) is 11.3 Å². The van der Waals surface area contributed by atoms with Crippen molar-refractivity contribution in [2.24, 2.45) is 17.8 Å². The zero-order valence-corrected chi connectivity index (χ0v) is 21.8. The number of hydrogen-bond acceptors (Lipinski definition) is 2. The average molecular weight is 559 g/mol. The number of ether oxygens (including phenoxy) is 2. The Morgan fingerprint density at radius 1 is 0.769 bits per heavy atom. The van der Waals surface area contributed by atoms with E-state index in [4.69, 9.17) is 4.74 Å². The van der Waals surface area contributed by atoms with Crippen molar-refractivity contribution in [1.29, 1.82) is 0 Å². The zero-order chi connectivity index (χ0) is 28.2. The van der Waals surface area contributed by atoms with E-state index in [1.54, 1.807) is 0 Å². The summed E-state index contributed by atoms with van der Waals surface area (Å²) < 4.78 is 109. The molecule has 2 aromatic carbocycles. The van der Waals surface area contributed by atoms with Crippen molar-refractivity contribution in [2.45, 2.75) is 70.3 Å². The highest BCUT2D eigenvalue weighted by molar-refractivity contribution is 5.33. The predicted molar refractivity (Wildman–Crippen MR) is 133 cm³/mol. The molecular weight excluding hydrogens is 525 g/mol. The van der Waals surface area contributed by atoms with Gasteiger partial charge < -0.3 is 9.47 Å². The van der Waals surface area contributed by atoms with Crippen LogP contribution in [0.1, 0.15) is 75.3 Å². The lowest BCUT2D eigenvalue weighted by Crippen LogP contribution is -2.25. The summed E-state index contributed by atoms with van der Waals surface area (Å²) in [5.74, 6) is -8.42. The Hall–Kier alpha value is -2.55. The van der Waals surface area contributed by atoms with Gasteiger partial charge in [-0.3, -0.25) is 0 Å². The van der Waals surface area contributed by atoms with Crippen molar-refractivity contribution in [2.75, 3.05) is 13.2 Å². The zero-order valence-electron chi connectivity index (χ0n) is 21.8.